The minimum absolute atomic E-state index is 0.438. The summed E-state index contributed by atoms with van der Waals surface area (Å²) < 4.78 is 6.87. The standard InChI is InChI=1S/C17H25BrN2O/c18-14-5-6-17-15(13-14)16(7-12-21-17)19-8-4-11-20-9-2-1-3-10-20/h5-6,13,16,19H,1-4,7-12H2. The van der Waals surface area contributed by atoms with E-state index in [1.807, 2.05) is 0 Å². The lowest BCUT2D eigenvalue weighted by atomic mass is 10.0. The fourth-order valence-electron chi connectivity index (χ4n) is 3.34. The van der Waals surface area contributed by atoms with E-state index in [0.717, 1.165) is 29.8 Å². The van der Waals surface area contributed by atoms with Crippen LogP contribution in [0.3, 0.4) is 0 Å². The first kappa shape index (κ1) is 15.3. The second kappa shape index (κ2) is 7.61. The van der Waals surface area contributed by atoms with Gasteiger partial charge in [-0.3, -0.25) is 0 Å². The van der Waals surface area contributed by atoms with Crippen LogP contribution in [0.4, 0.5) is 0 Å². The third-order valence-corrected chi connectivity index (χ3v) is 5.00. The van der Waals surface area contributed by atoms with Crippen LogP contribution in [0.1, 0.15) is 43.7 Å². The van der Waals surface area contributed by atoms with Gasteiger partial charge in [0.25, 0.3) is 0 Å². The molecule has 3 nitrogen and oxygen atoms in total. The molecule has 1 unspecified atom stereocenters. The molecule has 116 valence electrons. The van der Waals surface area contributed by atoms with Crippen molar-refractivity contribution in [3.8, 4) is 5.75 Å². The number of halogens is 1. The van der Waals surface area contributed by atoms with Crippen molar-refractivity contribution in [1.82, 2.24) is 10.2 Å². The lowest BCUT2D eigenvalue weighted by Gasteiger charge is -2.29. The molecule has 0 aromatic heterocycles. The monoisotopic (exact) mass is 352 g/mol. The Hall–Kier alpha value is -0.580. The Morgan fingerprint density at radius 3 is 2.95 bits per heavy atom. The highest BCUT2D eigenvalue weighted by molar-refractivity contribution is 9.10. The van der Waals surface area contributed by atoms with Crippen LogP contribution in [0.5, 0.6) is 5.75 Å². The van der Waals surface area contributed by atoms with Crippen LogP contribution in [-0.2, 0) is 0 Å². The van der Waals surface area contributed by atoms with Crippen molar-refractivity contribution in [3.63, 3.8) is 0 Å². The maximum atomic E-state index is 5.74. The molecule has 0 saturated carbocycles. The molecule has 1 N–H and O–H groups in total. The number of nitrogens with one attached hydrogen (secondary N) is 1. The van der Waals surface area contributed by atoms with Gasteiger partial charge in [-0.05, 0) is 63.6 Å². The van der Waals surface area contributed by atoms with Crippen LogP contribution in [0.2, 0.25) is 0 Å². The quantitative estimate of drug-likeness (QED) is 0.817. The van der Waals surface area contributed by atoms with Gasteiger partial charge in [-0.25, -0.2) is 0 Å². The molecule has 1 aromatic rings. The molecule has 2 aliphatic heterocycles. The Morgan fingerprint density at radius 2 is 2.10 bits per heavy atom. The van der Waals surface area contributed by atoms with E-state index >= 15 is 0 Å². The molecule has 1 saturated heterocycles. The van der Waals surface area contributed by atoms with Gasteiger partial charge in [0.05, 0.1) is 6.61 Å². The summed E-state index contributed by atoms with van der Waals surface area (Å²) in [5.74, 6) is 1.04. The van der Waals surface area contributed by atoms with Gasteiger partial charge in [-0.15, -0.1) is 0 Å². The molecule has 0 radical (unpaired) electrons. The molecule has 2 heterocycles. The first-order valence-electron chi connectivity index (χ1n) is 8.21. The van der Waals surface area contributed by atoms with Crippen LogP contribution in [-0.4, -0.2) is 37.7 Å². The lowest BCUT2D eigenvalue weighted by Crippen LogP contribution is -2.33. The van der Waals surface area contributed by atoms with E-state index < -0.39 is 0 Å². The summed E-state index contributed by atoms with van der Waals surface area (Å²) in [6, 6.07) is 6.75. The number of benzene rings is 1. The zero-order valence-electron chi connectivity index (χ0n) is 12.6. The summed E-state index contributed by atoms with van der Waals surface area (Å²) in [6.07, 6.45) is 6.49. The number of hydrogen-bond acceptors (Lipinski definition) is 3. The first-order valence-corrected chi connectivity index (χ1v) is 9.00. The van der Waals surface area contributed by atoms with E-state index in [4.69, 9.17) is 4.74 Å². The van der Waals surface area contributed by atoms with Crippen molar-refractivity contribution < 1.29 is 4.74 Å². The number of hydrogen-bond donors (Lipinski definition) is 1. The third-order valence-electron chi connectivity index (χ3n) is 4.50. The molecule has 4 heteroatoms. The summed E-state index contributed by atoms with van der Waals surface area (Å²) in [6.45, 7) is 5.74. The van der Waals surface area contributed by atoms with E-state index in [-0.39, 0.29) is 0 Å². The van der Waals surface area contributed by atoms with E-state index in [0.29, 0.717) is 6.04 Å². The summed E-state index contributed by atoms with van der Waals surface area (Å²) in [5, 5.41) is 3.72. The molecule has 0 bridgehead atoms. The number of nitrogens with zero attached hydrogens (tertiary/aromatic N) is 1. The van der Waals surface area contributed by atoms with Crippen LogP contribution in [0.15, 0.2) is 22.7 Å². The van der Waals surface area contributed by atoms with Crippen molar-refractivity contribution in [1.29, 1.82) is 0 Å². The smallest absolute Gasteiger partial charge is 0.124 e. The lowest BCUT2D eigenvalue weighted by molar-refractivity contribution is 0.220. The van der Waals surface area contributed by atoms with Crippen molar-refractivity contribution in [2.45, 2.75) is 38.1 Å². The van der Waals surface area contributed by atoms with Gasteiger partial charge in [0.1, 0.15) is 5.75 Å². The van der Waals surface area contributed by atoms with Gasteiger partial charge in [-0.2, -0.15) is 0 Å². The maximum Gasteiger partial charge on any atom is 0.124 e. The topological polar surface area (TPSA) is 24.5 Å². The van der Waals surface area contributed by atoms with Crippen LogP contribution in [0.25, 0.3) is 0 Å². The highest BCUT2D eigenvalue weighted by atomic mass is 79.9. The summed E-state index contributed by atoms with van der Waals surface area (Å²) in [4.78, 5) is 2.61. The number of likely N-dealkylation sites (tertiary alicyclic amines) is 1. The SMILES string of the molecule is Brc1ccc2c(c1)C(NCCCN1CCCCC1)CCO2. The minimum atomic E-state index is 0.438. The second-order valence-electron chi connectivity index (χ2n) is 6.08. The summed E-state index contributed by atoms with van der Waals surface area (Å²) in [5.41, 5.74) is 1.30. The number of piperidine rings is 1. The fourth-order valence-corrected chi connectivity index (χ4v) is 3.72. The normalized spacial score (nSPS) is 22.6. The van der Waals surface area contributed by atoms with Crippen molar-refractivity contribution >= 4 is 15.9 Å². The predicted octanol–water partition coefficient (Wildman–Crippen LogP) is 3.74. The van der Waals surface area contributed by atoms with E-state index in [9.17, 15) is 0 Å². The molecule has 0 aliphatic carbocycles. The Bertz CT molecular complexity index is 460. The first-order chi connectivity index (χ1) is 10.3. The number of ether oxygens (including phenoxy) is 1. The molecule has 1 atom stereocenters. The summed E-state index contributed by atoms with van der Waals surface area (Å²) in [7, 11) is 0. The highest BCUT2D eigenvalue weighted by Gasteiger charge is 2.21. The Kier molecular flexibility index (Phi) is 5.55. The molecular weight excluding hydrogens is 328 g/mol. The van der Waals surface area contributed by atoms with Crippen molar-refractivity contribution in [3.05, 3.63) is 28.2 Å². The van der Waals surface area contributed by atoms with E-state index in [1.54, 1.807) is 0 Å². The second-order valence-corrected chi connectivity index (χ2v) is 7.00. The van der Waals surface area contributed by atoms with Crippen LogP contribution in [0, 0.1) is 0 Å². The van der Waals surface area contributed by atoms with Crippen LogP contribution >= 0.6 is 15.9 Å². The molecule has 3 rings (SSSR count). The van der Waals surface area contributed by atoms with Crippen molar-refractivity contribution in [2.24, 2.45) is 0 Å². The fraction of sp³-hybridized carbons (Fsp3) is 0.647. The Balaban J connectivity index is 1.46. The molecule has 2 aliphatic rings. The average molecular weight is 353 g/mol. The zero-order chi connectivity index (χ0) is 14.5. The van der Waals surface area contributed by atoms with Gasteiger partial charge in [0, 0.05) is 22.5 Å². The summed E-state index contributed by atoms with van der Waals surface area (Å²) >= 11 is 3.56. The van der Waals surface area contributed by atoms with Gasteiger partial charge >= 0.3 is 0 Å². The van der Waals surface area contributed by atoms with Crippen molar-refractivity contribution in [2.75, 3.05) is 32.8 Å². The van der Waals surface area contributed by atoms with Gasteiger partial charge in [-0.1, -0.05) is 22.4 Å². The van der Waals surface area contributed by atoms with Gasteiger partial charge in [0.15, 0.2) is 0 Å². The van der Waals surface area contributed by atoms with Crippen LogP contribution < -0.4 is 10.1 Å². The highest BCUT2D eigenvalue weighted by Crippen LogP contribution is 2.33. The van der Waals surface area contributed by atoms with E-state index in [2.05, 4.69) is 44.3 Å². The number of rotatable bonds is 5. The average Bonchev–Trinajstić information content (AvgIpc) is 2.53. The molecule has 0 amide bonds. The molecule has 1 aromatic carbocycles. The number of fused-ring (bicyclic) bond motifs is 1. The van der Waals surface area contributed by atoms with Gasteiger partial charge in [0.2, 0.25) is 0 Å². The molecular formula is C17H25BrN2O. The molecule has 0 spiro atoms. The third kappa shape index (κ3) is 4.21. The molecule has 1 fully saturated rings. The largest absolute Gasteiger partial charge is 0.493 e. The maximum absolute atomic E-state index is 5.74. The predicted molar refractivity (Wildman–Crippen MR) is 89.9 cm³/mol. The Morgan fingerprint density at radius 1 is 1.24 bits per heavy atom. The minimum Gasteiger partial charge on any atom is -0.493 e. The zero-order valence-corrected chi connectivity index (χ0v) is 14.2. The Labute approximate surface area is 136 Å². The molecule has 21 heavy (non-hydrogen) atoms. The van der Waals surface area contributed by atoms with E-state index in [1.165, 1.54) is 50.9 Å². The van der Waals surface area contributed by atoms with Gasteiger partial charge < -0.3 is 15.0 Å².